The standard InChI is InChI=1S/C12H14O6/c1-7-5-8(13)6-9(14)11(7)12(16)18-4-3-10(15)17-2/h5-6,13-14H,3-4H2,1-2H3. The Hall–Kier alpha value is -2.24. The van der Waals surface area contributed by atoms with Crippen LogP contribution < -0.4 is 0 Å². The third-order valence-corrected chi connectivity index (χ3v) is 2.27. The first kappa shape index (κ1) is 13.8. The number of carbonyl (C=O) groups excluding carboxylic acids is 2. The zero-order valence-corrected chi connectivity index (χ0v) is 10.1. The molecule has 0 fully saturated rings. The van der Waals surface area contributed by atoms with E-state index in [1.807, 2.05) is 0 Å². The highest BCUT2D eigenvalue weighted by molar-refractivity contribution is 5.94. The zero-order valence-electron chi connectivity index (χ0n) is 10.1. The maximum atomic E-state index is 11.7. The van der Waals surface area contributed by atoms with Crippen molar-refractivity contribution < 1.29 is 29.3 Å². The molecule has 0 saturated heterocycles. The van der Waals surface area contributed by atoms with Crippen LogP contribution in [0.5, 0.6) is 11.5 Å². The molecule has 98 valence electrons. The van der Waals surface area contributed by atoms with E-state index in [2.05, 4.69) is 4.74 Å². The van der Waals surface area contributed by atoms with Gasteiger partial charge in [-0.2, -0.15) is 0 Å². The molecule has 18 heavy (non-hydrogen) atoms. The average molecular weight is 254 g/mol. The second-order valence-electron chi connectivity index (χ2n) is 3.62. The number of hydrogen-bond donors (Lipinski definition) is 2. The van der Waals surface area contributed by atoms with Crippen LogP contribution >= 0.6 is 0 Å². The van der Waals surface area contributed by atoms with E-state index in [9.17, 15) is 19.8 Å². The molecular weight excluding hydrogens is 240 g/mol. The Kier molecular flexibility index (Phi) is 4.53. The lowest BCUT2D eigenvalue weighted by atomic mass is 10.1. The van der Waals surface area contributed by atoms with E-state index in [4.69, 9.17) is 4.74 Å². The van der Waals surface area contributed by atoms with Gasteiger partial charge in [0.2, 0.25) is 0 Å². The molecule has 6 heteroatoms. The topological polar surface area (TPSA) is 93.1 Å². The minimum absolute atomic E-state index is 0.0299. The number of rotatable bonds is 4. The molecule has 0 amide bonds. The molecule has 6 nitrogen and oxygen atoms in total. The smallest absolute Gasteiger partial charge is 0.342 e. The number of benzene rings is 1. The molecule has 0 aliphatic heterocycles. The summed E-state index contributed by atoms with van der Waals surface area (Å²) in [6, 6.07) is 2.38. The van der Waals surface area contributed by atoms with Gasteiger partial charge in [-0.1, -0.05) is 0 Å². The summed E-state index contributed by atoms with van der Waals surface area (Å²) in [4.78, 5) is 22.5. The van der Waals surface area contributed by atoms with Gasteiger partial charge in [0.1, 0.15) is 23.7 Å². The fraction of sp³-hybridized carbons (Fsp3) is 0.333. The minimum atomic E-state index is -0.756. The third-order valence-electron chi connectivity index (χ3n) is 2.27. The van der Waals surface area contributed by atoms with Gasteiger partial charge in [-0.15, -0.1) is 0 Å². The van der Waals surface area contributed by atoms with Gasteiger partial charge in [0.25, 0.3) is 0 Å². The zero-order chi connectivity index (χ0) is 13.7. The minimum Gasteiger partial charge on any atom is -0.508 e. The lowest BCUT2D eigenvalue weighted by Crippen LogP contribution is -2.12. The second kappa shape index (κ2) is 5.90. The summed E-state index contributed by atoms with van der Waals surface area (Å²) >= 11 is 0. The Morgan fingerprint density at radius 2 is 1.94 bits per heavy atom. The summed E-state index contributed by atoms with van der Waals surface area (Å²) in [5.41, 5.74) is 0.355. The first-order valence-corrected chi connectivity index (χ1v) is 5.22. The van der Waals surface area contributed by atoms with Crippen LogP contribution in [-0.2, 0) is 14.3 Å². The van der Waals surface area contributed by atoms with Crippen molar-refractivity contribution >= 4 is 11.9 Å². The Labute approximate surface area is 104 Å². The molecule has 0 aromatic heterocycles. The fourth-order valence-electron chi connectivity index (χ4n) is 1.42. The summed E-state index contributed by atoms with van der Waals surface area (Å²) in [5, 5.41) is 18.8. The molecule has 0 aliphatic rings. The fourth-order valence-corrected chi connectivity index (χ4v) is 1.42. The number of aryl methyl sites for hydroxylation is 1. The van der Waals surface area contributed by atoms with Gasteiger partial charge in [-0.05, 0) is 18.6 Å². The first-order chi connectivity index (χ1) is 8.45. The lowest BCUT2D eigenvalue weighted by Gasteiger charge is -2.09. The summed E-state index contributed by atoms with van der Waals surface area (Å²) < 4.78 is 9.21. The van der Waals surface area contributed by atoms with E-state index in [-0.39, 0.29) is 30.1 Å². The molecule has 0 aliphatic carbocycles. The Bertz CT molecular complexity index is 443. The van der Waals surface area contributed by atoms with Crippen LogP contribution in [0.4, 0.5) is 0 Å². The highest BCUT2D eigenvalue weighted by Crippen LogP contribution is 2.27. The summed E-state index contributed by atoms with van der Waals surface area (Å²) in [6.07, 6.45) is -0.0554. The number of phenols is 2. The van der Waals surface area contributed by atoms with E-state index in [0.717, 1.165) is 6.07 Å². The Balaban J connectivity index is 2.70. The highest BCUT2D eigenvalue weighted by atomic mass is 16.5. The summed E-state index contributed by atoms with van der Waals surface area (Å²) in [7, 11) is 1.24. The SMILES string of the molecule is COC(=O)CCOC(=O)c1c(C)cc(O)cc1O. The van der Waals surface area contributed by atoms with Crippen molar-refractivity contribution in [2.75, 3.05) is 13.7 Å². The highest BCUT2D eigenvalue weighted by Gasteiger charge is 2.17. The van der Waals surface area contributed by atoms with Crippen LogP contribution in [0.1, 0.15) is 22.3 Å². The monoisotopic (exact) mass is 254 g/mol. The van der Waals surface area contributed by atoms with Crippen LogP contribution in [0.25, 0.3) is 0 Å². The molecule has 1 rings (SSSR count). The predicted molar refractivity (Wildman–Crippen MR) is 61.4 cm³/mol. The van der Waals surface area contributed by atoms with E-state index < -0.39 is 11.9 Å². The van der Waals surface area contributed by atoms with Crippen LogP contribution in [0.15, 0.2) is 12.1 Å². The second-order valence-corrected chi connectivity index (χ2v) is 3.62. The molecular formula is C12H14O6. The molecule has 0 spiro atoms. The third kappa shape index (κ3) is 3.38. The van der Waals surface area contributed by atoms with Gasteiger partial charge in [-0.25, -0.2) is 4.79 Å². The average Bonchev–Trinajstić information content (AvgIpc) is 2.27. The van der Waals surface area contributed by atoms with Crippen LogP contribution in [0.2, 0.25) is 0 Å². The van der Waals surface area contributed by atoms with Gasteiger partial charge in [0, 0.05) is 6.07 Å². The van der Waals surface area contributed by atoms with Crippen molar-refractivity contribution in [2.24, 2.45) is 0 Å². The summed E-state index contributed by atoms with van der Waals surface area (Å²) in [6.45, 7) is 1.42. The number of esters is 2. The van der Waals surface area contributed by atoms with E-state index >= 15 is 0 Å². The first-order valence-electron chi connectivity index (χ1n) is 5.22. The number of methoxy groups -OCH3 is 1. The quantitative estimate of drug-likeness (QED) is 0.782. The molecule has 0 atom stereocenters. The molecule has 0 saturated carbocycles. The van der Waals surface area contributed by atoms with Crippen molar-refractivity contribution in [3.63, 3.8) is 0 Å². The number of hydrogen-bond acceptors (Lipinski definition) is 6. The molecule has 1 aromatic rings. The number of ether oxygens (including phenoxy) is 2. The Morgan fingerprint density at radius 1 is 1.28 bits per heavy atom. The van der Waals surface area contributed by atoms with Gasteiger partial charge in [0.05, 0.1) is 13.5 Å². The predicted octanol–water partition coefficient (Wildman–Crippen LogP) is 1.13. The molecule has 2 N–H and O–H groups in total. The van der Waals surface area contributed by atoms with Crippen molar-refractivity contribution in [3.05, 3.63) is 23.3 Å². The number of phenolic OH excluding ortho intramolecular Hbond substituents is 2. The number of carbonyl (C=O) groups is 2. The van der Waals surface area contributed by atoms with Crippen LogP contribution in [0, 0.1) is 6.92 Å². The van der Waals surface area contributed by atoms with E-state index in [0.29, 0.717) is 5.56 Å². The maximum Gasteiger partial charge on any atom is 0.342 e. The lowest BCUT2D eigenvalue weighted by molar-refractivity contribution is -0.141. The molecule has 0 unspecified atom stereocenters. The van der Waals surface area contributed by atoms with Gasteiger partial charge < -0.3 is 19.7 Å². The van der Waals surface area contributed by atoms with Crippen molar-refractivity contribution in [2.45, 2.75) is 13.3 Å². The van der Waals surface area contributed by atoms with Gasteiger partial charge in [0.15, 0.2) is 0 Å². The van der Waals surface area contributed by atoms with E-state index in [1.54, 1.807) is 6.92 Å². The van der Waals surface area contributed by atoms with E-state index in [1.165, 1.54) is 13.2 Å². The van der Waals surface area contributed by atoms with Crippen LogP contribution in [-0.4, -0.2) is 35.9 Å². The molecule has 0 radical (unpaired) electrons. The normalized spacial score (nSPS) is 9.89. The molecule has 0 heterocycles. The van der Waals surface area contributed by atoms with Crippen molar-refractivity contribution in [3.8, 4) is 11.5 Å². The van der Waals surface area contributed by atoms with Gasteiger partial charge >= 0.3 is 11.9 Å². The molecule has 0 bridgehead atoms. The maximum absolute atomic E-state index is 11.7. The van der Waals surface area contributed by atoms with Crippen LogP contribution in [0.3, 0.4) is 0 Å². The summed E-state index contributed by atoms with van der Waals surface area (Å²) in [5.74, 6) is -1.75. The van der Waals surface area contributed by atoms with Crippen molar-refractivity contribution in [1.82, 2.24) is 0 Å². The largest absolute Gasteiger partial charge is 0.508 e. The Morgan fingerprint density at radius 3 is 2.50 bits per heavy atom. The van der Waals surface area contributed by atoms with Gasteiger partial charge in [-0.3, -0.25) is 4.79 Å². The van der Waals surface area contributed by atoms with Crippen molar-refractivity contribution in [1.29, 1.82) is 0 Å². The molecule has 1 aromatic carbocycles. The number of aromatic hydroxyl groups is 2.